The molecule has 3 heteroatoms. The summed E-state index contributed by atoms with van der Waals surface area (Å²) in [7, 11) is 2.03. The van der Waals surface area contributed by atoms with Crippen LogP contribution in [-0.2, 0) is 7.05 Å². The Bertz CT molecular complexity index is 744. The molecule has 0 amide bonds. The van der Waals surface area contributed by atoms with Crippen molar-refractivity contribution in [3.63, 3.8) is 0 Å². The van der Waals surface area contributed by atoms with Gasteiger partial charge in [-0.05, 0) is 54.3 Å². The minimum atomic E-state index is 0.753. The number of hydrogen-bond donors (Lipinski definition) is 1. The maximum Gasteiger partial charge on any atom is 0.130 e. The Morgan fingerprint density at radius 1 is 1.05 bits per heavy atom. The number of nitrogens with zero attached hydrogens (tertiary/aromatic N) is 1. The second-order valence-electron chi connectivity index (χ2n) is 4.77. The number of aryl methyl sites for hydroxylation is 2. The van der Waals surface area contributed by atoms with E-state index in [1.165, 1.54) is 5.39 Å². The van der Waals surface area contributed by atoms with Gasteiger partial charge in [0.2, 0.25) is 0 Å². The fourth-order valence-corrected chi connectivity index (χ4v) is 2.22. The minimum Gasteiger partial charge on any atom is -0.457 e. The molecule has 2 aromatic carbocycles. The summed E-state index contributed by atoms with van der Waals surface area (Å²) in [5.41, 5.74) is 8.69. The smallest absolute Gasteiger partial charge is 0.130 e. The largest absolute Gasteiger partial charge is 0.457 e. The van der Waals surface area contributed by atoms with Crippen LogP contribution < -0.4 is 10.5 Å². The molecule has 96 valence electrons. The highest BCUT2D eigenvalue weighted by atomic mass is 16.5. The summed E-state index contributed by atoms with van der Waals surface area (Å²) in [5.74, 6) is 1.67. The Morgan fingerprint density at radius 2 is 1.89 bits per heavy atom. The topological polar surface area (TPSA) is 40.2 Å². The first kappa shape index (κ1) is 11.7. The molecule has 0 unspecified atom stereocenters. The number of aromatic nitrogens is 1. The van der Waals surface area contributed by atoms with E-state index in [1.807, 2.05) is 50.5 Å². The Labute approximate surface area is 112 Å². The number of hydrogen-bond acceptors (Lipinski definition) is 2. The molecule has 0 aliphatic carbocycles. The zero-order valence-electron chi connectivity index (χ0n) is 11.1. The van der Waals surface area contributed by atoms with Crippen LogP contribution in [0.25, 0.3) is 10.9 Å². The summed E-state index contributed by atoms with van der Waals surface area (Å²) in [6.45, 7) is 1.99. The van der Waals surface area contributed by atoms with Gasteiger partial charge in [-0.1, -0.05) is 0 Å². The predicted molar refractivity (Wildman–Crippen MR) is 78.6 cm³/mol. The molecule has 0 aliphatic rings. The van der Waals surface area contributed by atoms with Crippen molar-refractivity contribution >= 4 is 16.6 Å². The maximum absolute atomic E-state index is 5.93. The van der Waals surface area contributed by atoms with Crippen LogP contribution in [0.3, 0.4) is 0 Å². The summed E-state index contributed by atoms with van der Waals surface area (Å²) in [6.07, 6.45) is 2.04. The molecular formula is C16H16N2O. The van der Waals surface area contributed by atoms with E-state index in [9.17, 15) is 0 Å². The maximum atomic E-state index is 5.93. The lowest BCUT2D eigenvalue weighted by atomic mass is 10.2. The van der Waals surface area contributed by atoms with E-state index in [1.54, 1.807) is 0 Å². The van der Waals surface area contributed by atoms with Crippen molar-refractivity contribution in [3.8, 4) is 11.5 Å². The SMILES string of the molecule is Cc1cc(N)ccc1Oc1ccc2ccn(C)c2c1. The van der Waals surface area contributed by atoms with E-state index in [-0.39, 0.29) is 0 Å². The van der Waals surface area contributed by atoms with Gasteiger partial charge in [-0.15, -0.1) is 0 Å². The minimum absolute atomic E-state index is 0.753. The third kappa shape index (κ3) is 2.15. The second-order valence-corrected chi connectivity index (χ2v) is 4.77. The van der Waals surface area contributed by atoms with E-state index < -0.39 is 0 Å². The number of fused-ring (bicyclic) bond motifs is 1. The summed E-state index contributed by atoms with van der Waals surface area (Å²) < 4.78 is 8.01. The van der Waals surface area contributed by atoms with Gasteiger partial charge in [0.15, 0.2) is 0 Å². The highest BCUT2D eigenvalue weighted by Crippen LogP contribution is 2.29. The molecule has 3 aromatic rings. The van der Waals surface area contributed by atoms with Crippen LogP contribution in [0.15, 0.2) is 48.7 Å². The standard InChI is InChI=1S/C16H16N2O/c1-11-9-13(17)4-6-16(11)19-14-5-3-12-7-8-18(2)15(12)10-14/h3-10H,17H2,1-2H3. The number of ether oxygens (including phenoxy) is 1. The number of benzene rings is 2. The van der Waals surface area contributed by atoms with E-state index >= 15 is 0 Å². The zero-order valence-corrected chi connectivity index (χ0v) is 11.1. The molecule has 0 fully saturated rings. The van der Waals surface area contributed by atoms with Gasteiger partial charge in [-0.3, -0.25) is 0 Å². The third-order valence-electron chi connectivity index (χ3n) is 3.29. The zero-order chi connectivity index (χ0) is 13.4. The van der Waals surface area contributed by atoms with Crippen molar-refractivity contribution in [1.29, 1.82) is 0 Å². The first-order chi connectivity index (χ1) is 9.13. The van der Waals surface area contributed by atoms with Crippen LogP contribution in [0.2, 0.25) is 0 Å². The van der Waals surface area contributed by atoms with E-state index in [2.05, 4.69) is 16.7 Å². The van der Waals surface area contributed by atoms with Crippen molar-refractivity contribution in [2.45, 2.75) is 6.92 Å². The molecule has 3 rings (SSSR count). The average molecular weight is 252 g/mol. The van der Waals surface area contributed by atoms with Crippen LogP contribution in [-0.4, -0.2) is 4.57 Å². The van der Waals surface area contributed by atoms with E-state index in [0.717, 1.165) is 28.3 Å². The first-order valence-corrected chi connectivity index (χ1v) is 6.22. The highest BCUT2D eigenvalue weighted by molar-refractivity contribution is 5.81. The Balaban J connectivity index is 1.98. The van der Waals surface area contributed by atoms with Crippen molar-refractivity contribution in [1.82, 2.24) is 4.57 Å². The van der Waals surface area contributed by atoms with Gasteiger partial charge >= 0.3 is 0 Å². The quantitative estimate of drug-likeness (QED) is 0.703. The van der Waals surface area contributed by atoms with E-state index in [0.29, 0.717) is 0 Å². The fraction of sp³-hybridized carbons (Fsp3) is 0.125. The fourth-order valence-electron chi connectivity index (χ4n) is 2.22. The van der Waals surface area contributed by atoms with Crippen LogP contribution in [0, 0.1) is 6.92 Å². The Hall–Kier alpha value is -2.42. The number of nitrogens with two attached hydrogens (primary N) is 1. The van der Waals surface area contributed by atoms with Crippen molar-refractivity contribution in [3.05, 3.63) is 54.2 Å². The Kier molecular flexibility index (Phi) is 2.67. The molecule has 0 spiro atoms. The van der Waals surface area contributed by atoms with Crippen molar-refractivity contribution < 1.29 is 4.74 Å². The normalized spacial score (nSPS) is 10.8. The van der Waals surface area contributed by atoms with Gasteiger partial charge in [0.1, 0.15) is 11.5 Å². The van der Waals surface area contributed by atoms with Crippen LogP contribution in [0.5, 0.6) is 11.5 Å². The summed E-state index contributed by atoms with van der Waals surface area (Å²) >= 11 is 0. The molecule has 0 bridgehead atoms. The number of nitrogen functional groups attached to an aromatic ring is 1. The highest BCUT2D eigenvalue weighted by Gasteiger charge is 2.04. The molecule has 0 radical (unpaired) electrons. The second kappa shape index (κ2) is 4.35. The molecule has 1 heterocycles. The molecule has 2 N–H and O–H groups in total. The molecular weight excluding hydrogens is 236 g/mol. The van der Waals surface area contributed by atoms with Gasteiger partial charge < -0.3 is 15.0 Å². The van der Waals surface area contributed by atoms with Gasteiger partial charge in [0.05, 0.1) is 5.52 Å². The summed E-state index contributed by atoms with van der Waals surface area (Å²) in [4.78, 5) is 0. The van der Waals surface area contributed by atoms with Crippen molar-refractivity contribution in [2.24, 2.45) is 7.05 Å². The molecule has 1 aromatic heterocycles. The third-order valence-corrected chi connectivity index (χ3v) is 3.29. The number of rotatable bonds is 2. The van der Waals surface area contributed by atoms with Gasteiger partial charge in [0, 0.05) is 25.0 Å². The molecule has 0 aliphatic heterocycles. The van der Waals surface area contributed by atoms with Gasteiger partial charge in [0.25, 0.3) is 0 Å². The lowest BCUT2D eigenvalue weighted by Crippen LogP contribution is -1.91. The molecule has 0 saturated carbocycles. The van der Waals surface area contributed by atoms with Gasteiger partial charge in [-0.2, -0.15) is 0 Å². The lowest BCUT2D eigenvalue weighted by molar-refractivity contribution is 0.479. The molecule has 0 saturated heterocycles. The van der Waals surface area contributed by atoms with Crippen LogP contribution >= 0.6 is 0 Å². The number of anilines is 1. The van der Waals surface area contributed by atoms with E-state index in [4.69, 9.17) is 10.5 Å². The molecule has 3 nitrogen and oxygen atoms in total. The van der Waals surface area contributed by atoms with Crippen LogP contribution in [0.4, 0.5) is 5.69 Å². The molecule has 0 atom stereocenters. The first-order valence-electron chi connectivity index (χ1n) is 6.22. The van der Waals surface area contributed by atoms with Crippen molar-refractivity contribution in [2.75, 3.05) is 5.73 Å². The predicted octanol–water partition coefficient (Wildman–Crippen LogP) is 3.86. The Morgan fingerprint density at radius 3 is 2.68 bits per heavy atom. The lowest BCUT2D eigenvalue weighted by Gasteiger charge is -2.09. The monoisotopic (exact) mass is 252 g/mol. The summed E-state index contributed by atoms with van der Waals surface area (Å²) in [5, 5.41) is 1.21. The van der Waals surface area contributed by atoms with Gasteiger partial charge in [-0.25, -0.2) is 0 Å². The van der Waals surface area contributed by atoms with Crippen LogP contribution in [0.1, 0.15) is 5.56 Å². The summed E-state index contributed by atoms with van der Waals surface area (Å²) in [6, 6.07) is 13.9. The average Bonchev–Trinajstić information content (AvgIpc) is 2.75. The molecule has 19 heavy (non-hydrogen) atoms.